The lowest BCUT2D eigenvalue weighted by Crippen LogP contribution is -2.34. The number of amides is 1. The van der Waals surface area contributed by atoms with Crippen LogP contribution in [0.4, 0.5) is 0 Å². The minimum atomic E-state index is 0.241. The molecule has 0 unspecified atom stereocenters. The molecule has 2 rings (SSSR count). The maximum absolute atomic E-state index is 12.0. The standard InChI is InChI=1S/C12H20N4O/c1-15(2)10-5-8-16(9-10)12(17)4-3-11-13-6-7-14-11/h6-7,10H,3-5,8-9H2,1-2H3,(H,13,14)/t10-/m0/s1. The Morgan fingerprint density at radius 1 is 1.65 bits per heavy atom. The van der Waals surface area contributed by atoms with Crippen molar-refractivity contribution in [1.82, 2.24) is 19.8 Å². The summed E-state index contributed by atoms with van der Waals surface area (Å²) in [5.74, 6) is 1.13. The molecule has 0 radical (unpaired) electrons. The van der Waals surface area contributed by atoms with E-state index in [1.54, 1.807) is 12.4 Å². The highest BCUT2D eigenvalue weighted by molar-refractivity contribution is 5.76. The molecule has 0 aliphatic carbocycles. The van der Waals surface area contributed by atoms with E-state index in [4.69, 9.17) is 0 Å². The highest BCUT2D eigenvalue weighted by Gasteiger charge is 2.26. The van der Waals surface area contributed by atoms with Gasteiger partial charge in [0.2, 0.25) is 5.91 Å². The second-order valence-corrected chi connectivity index (χ2v) is 4.78. The molecule has 1 amide bonds. The lowest BCUT2D eigenvalue weighted by atomic mass is 10.2. The van der Waals surface area contributed by atoms with Gasteiger partial charge in [0.25, 0.3) is 0 Å². The molecule has 1 aromatic heterocycles. The number of carbonyl (C=O) groups excluding carboxylic acids is 1. The maximum atomic E-state index is 12.0. The van der Waals surface area contributed by atoms with Crippen molar-refractivity contribution in [3.8, 4) is 0 Å². The van der Waals surface area contributed by atoms with Gasteiger partial charge in [-0.3, -0.25) is 4.79 Å². The van der Waals surface area contributed by atoms with Crippen molar-refractivity contribution >= 4 is 5.91 Å². The number of likely N-dealkylation sites (N-methyl/N-ethyl adjacent to an activating group) is 1. The van der Waals surface area contributed by atoms with Crippen molar-refractivity contribution in [2.24, 2.45) is 0 Å². The zero-order chi connectivity index (χ0) is 12.3. The van der Waals surface area contributed by atoms with Crippen LogP contribution in [0.3, 0.4) is 0 Å². The summed E-state index contributed by atoms with van der Waals surface area (Å²) in [5.41, 5.74) is 0. The minimum absolute atomic E-state index is 0.241. The van der Waals surface area contributed by atoms with Crippen LogP contribution in [0.2, 0.25) is 0 Å². The number of H-pyrrole nitrogens is 1. The Hall–Kier alpha value is -1.36. The Morgan fingerprint density at radius 2 is 2.47 bits per heavy atom. The predicted octanol–water partition coefficient (Wildman–Crippen LogP) is 0.505. The van der Waals surface area contributed by atoms with Crippen molar-refractivity contribution < 1.29 is 4.79 Å². The lowest BCUT2D eigenvalue weighted by Gasteiger charge is -2.20. The van der Waals surface area contributed by atoms with E-state index in [-0.39, 0.29) is 5.91 Å². The average Bonchev–Trinajstić information content (AvgIpc) is 2.96. The third-order valence-corrected chi connectivity index (χ3v) is 3.38. The number of aromatic amines is 1. The quantitative estimate of drug-likeness (QED) is 0.828. The molecule has 0 aromatic carbocycles. The zero-order valence-electron chi connectivity index (χ0n) is 10.5. The Kier molecular flexibility index (Phi) is 3.78. The topological polar surface area (TPSA) is 52.2 Å². The maximum Gasteiger partial charge on any atom is 0.223 e. The molecule has 17 heavy (non-hydrogen) atoms. The van der Waals surface area contributed by atoms with Gasteiger partial charge >= 0.3 is 0 Å². The van der Waals surface area contributed by atoms with Crippen molar-refractivity contribution in [2.45, 2.75) is 25.3 Å². The van der Waals surface area contributed by atoms with Crippen LogP contribution in [0.1, 0.15) is 18.7 Å². The van der Waals surface area contributed by atoms with Gasteiger partial charge < -0.3 is 14.8 Å². The van der Waals surface area contributed by atoms with Gasteiger partial charge in [-0.1, -0.05) is 0 Å². The van der Waals surface area contributed by atoms with Crippen LogP contribution in [-0.4, -0.2) is 58.9 Å². The van der Waals surface area contributed by atoms with E-state index in [2.05, 4.69) is 29.0 Å². The first-order chi connectivity index (χ1) is 8.16. The van der Waals surface area contributed by atoms with E-state index in [1.807, 2.05) is 4.90 Å². The van der Waals surface area contributed by atoms with Gasteiger partial charge in [-0.15, -0.1) is 0 Å². The molecule has 0 bridgehead atoms. The fourth-order valence-corrected chi connectivity index (χ4v) is 2.21. The van der Waals surface area contributed by atoms with Crippen LogP contribution in [0.25, 0.3) is 0 Å². The van der Waals surface area contributed by atoms with E-state index in [1.165, 1.54) is 0 Å². The summed E-state index contributed by atoms with van der Waals surface area (Å²) in [6, 6.07) is 0.516. The largest absolute Gasteiger partial charge is 0.349 e. The smallest absolute Gasteiger partial charge is 0.223 e. The molecular formula is C12H20N4O. The summed E-state index contributed by atoms with van der Waals surface area (Å²) >= 11 is 0. The average molecular weight is 236 g/mol. The SMILES string of the molecule is CN(C)[C@H]1CCN(C(=O)CCc2ncc[nH]2)C1. The van der Waals surface area contributed by atoms with Gasteiger partial charge in [-0.2, -0.15) is 0 Å². The van der Waals surface area contributed by atoms with E-state index < -0.39 is 0 Å². The van der Waals surface area contributed by atoms with Crippen LogP contribution in [-0.2, 0) is 11.2 Å². The van der Waals surface area contributed by atoms with Crippen LogP contribution >= 0.6 is 0 Å². The first-order valence-corrected chi connectivity index (χ1v) is 6.09. The predicted molar refractivity (Wildman–Crippen MR) is 65.6 cm³/mol. The Bertz CT molecular complexity index is 361. The monoisotopic (exact) mass is 236 g/mol. The van der Waals surface area contributed by atoms with E-state index >= 15 is 0 Å². The molecule has 5 heteroatoms. The zero-order valence-corrected chi connectivity index (χ0v) is 10.5. The van der Waals surface area contributed by atoms with Crippen LogP contribution in [0.15, 0.2) is 12.4 Å². The van der Waals surface area contributed by atoms with Crippen molar-refractivity contribution in [3.05, 3.63) is 18.2 Å². The number of carbonyl (C=O) groups is 1. The van der Waals surface area contributed by atoms with Crippen molar-refractivity contribution in [3.63, 3.8) is 0 Å². The van der Waals surface area contributed by atoms with Crippen LogP contribution < -0.4 is 0 Å². The normalized spacial score (nSPS) is 20.2. The summed E-state index contributed by atoms with van der Waals surface area (Å²) < 4.78 is 0. The number of hydrogen-bond acceptors (Lipinski definition) is 3. The molecule has 1 fully saturated rings. The summed E-state index contributed by atoms with van der Waals surface area (Å²) in [6.07, 6.45) is 5.84. The molecule has 1 aliphatic heterocycles. The first kappa shape index (κ1) is 12.1. The second-order valence-electron chi connectivity index (χ2n) is 4.78. The number of imidazole rings is 1. The van der Waals surface area contributed by atoms with Crippen LogP contribution in [0, 0.1) is 0 Å². The summed E-state index contributed by atoms with van der Waals surface area (Å²) in [6.45, 7) is 1.75. The number of likely N-dealkylation sites (tertiary alicyclic amines) is 1. The van der Waals surface area contributed by atoms with E-state index in [9.17, 15) is 4.79 Å². The molecular weight excluding hydrogens is 216 g/mol. The molecule has 0 saturated carbocycles. The number of aromatic nitrogens is 2. The Morgan fingerprint density at radius 3 is 3.06 bits per heavy atom. The fourth-order valence-electron chi connectivity index (χ4n) is 2.21. The number of hydrogen-bond donors (Lipinski definition) is 1. The number of aryl methyl sites for hydroxylation is 1. The van der Waals surface area contributed by atoms with E-state index in [0.717, 1.165) is 25.3 Å². The van der Waals surface area contributed by atoms with Gasteiger partial charge in [0.1, 0.15) is 5.82 Å². The molecule has 0 spiro atoms. The molecule has 1 aliphatic rings. The number of nitrogens with one attached hydrogen (secondary N) is 1. The minimum Gasteiger partial charge on any atom is -0.349 e. The van der Waals surface area contributed by atoms with Crippen molar-refractivity contribution in [2.75, 3.05) is 27.2 Å². The lowest BCUT2D eigenvalue weighted by molar-refractivity contribution is -0.130. The highest BCUT2D eigenvalue weighted by atomic mass is 16.2. The van der Waals surface area contributed by atoms with Gasteiger partial charge in [0.05, 0.1) is 0 Å². The van der Waals surface area contributed by atoms with E-state index in [0.29, 0.717) is 18.9 Å². The molecule has 1 atom stereocenters. The molecule has 94 valence electrons. The third-order valence-electron chi connectivity index (χ3n) is 3.38. The number of nitrogens with zero attached hydrogens (tertiary/aromatic N) is 3. The third kappa shape index (κ3) is 3.06. The summed E-state index contributed by atoms with van der Waals surface area (Å²) in [5, 5.41) is 0. The molecule has 5 nitrogen and oxygen atoms in total. The van der Waals surface area contributed by atoms with Gasteiger partial charge in [-0.05, 0) is 20.5 Å². The fraction of sp³-hybridized carbons (Fsp3) is 0.667. The van der Waals surface area contributed by atoms with Crippen LogP contribution in [0.5, 0.6) is 0 Å². The molecule has 2 heterocycles. The van der Waals surface area contributed by atoms with Gasteiger partial charge in [0.15, 0.2) is 0 Å². The number of rotatable bonds is 4. The molecule has 1 aromatic rings. The van der Waals surface area contributed by atoms with Gasteiger partial charge in [0, 0.05) is 44.4 Å². The summed E-state index contributed by atoms with van der Waals surface area (Å²) in [7, 11) is 4.14. The highest BCUT2D eigenvalue weighted by Crippen LogP contribution is 2.14. The molecule has 1 N–H and O–H groups in total. The molecule has 1 saturated heterocycles. The summed E-state index contributed by atoms with van der Waals surface area (Å²) in [4.78, 5) is 23.3. The van der Waals surface area contributed by atoms with Crippen molar-refractivity contribution in [1.29, 1.82) is 0 Å². The second kappa shape index (κ2) is 5.31. The van der Waals surface area contributed by atoms with Gasteiger partial charge in [-0.25, -0.2) is 4.98 Å². The Labute approximate surface area is 102 Å². The first-order valence-electron chi connectivity index (χ1n) is 6.09. The Balaban J connectivity index is 1.77.